The van der Waals surface area contributed by atoms with Crippen molar-refractivity contribution >= 4 is 11.9 Å². The highest BCUT2D eigenvalue weighted by Crippen LogP contribution is 2.27. The molecule has 2 atom stereocenters. The lowest BCUT2D eigenvalue weighted by Crippen LogP contribution is -2.51. The molecule has 3 heterocycles. The minimum atomic E-state index is -0.484. The number of amides is 1. The van der Waals surface area contributed by atoms with Crippen LogP contribution in [0.3, 0.4) is 0 Å². The van der Waals surface area contributed by atoms with Gasteiger partial charge < -0.3 is 10.2 Å². The Morgan fingerprint density at radius 1 is 1.23 bits per heavy atom. The molecule has 0 saturated carbocycles. The Bertz CT molecular complexity index is 1010. The molecule has 2 aromatic heterocycles. The van der Waals surface area contributed by atoms with Crippen molar-refractivity contribution in [1.82, 2.24) is 29.9 Å². The van der Waals surface area contributed by atoms with E-state index in [0.29, 0.717) is 36.2 Å². The number of nitrogens with zero attached hydrogens (tertiary/aromatic N) is 6. The molecule has 3 aromatic rings. The van der Waals surface area contributed by atoms with Gasteiger partial charge in [-0.25, -0.2) is 14.4 Å². The molecular formula is C21H24FN7O. The van der Waals surface area contributed by atoms with Crippen LogP contribution in [0.5, 0.6) is 0 Å². The maximum absolute atomic E-state index is 13.6. The number of benzene rings is 1. The second-order valence-electron chi connectivity index (χ2n) is 7.63. The van der Waals surface area contributed by atoms with E-state index in [9.17, 15) is 9.18 Å². The number of carbonyl (C=O) groups is 1. The first-order chi connectivity index (χ1) is 14.5. The lowest BCUT2D eigenvalue weighted by atomic mass is 9.90. The monoisotopic (exact) mass is 409 g/mol. The molecule has 0 spiro atoms. The van der Waals surface area contributed by atoms with Gasteiger partial charge in [0.1, 0.15) is 0 Å². The number of piperidine rings is 1. The van der Waals surface area contributed by atoms with E-state index in [1.165, 1.54) is 4.80 Å². The van der Waals surface area contributed by atoms with Crippen molar-refractivity contribution in [1.29, 1.82) is 0 Å². The lowest BCUT2D eigenvalue weighted by molar-refractivity contribution is 0.0539. The van der Waals surface area contributed by atoms with Crippen LogP contribution in [0.2, 0.25) is 0 Å². The van der Waals surface area contributed by atoms with Gasteiger partial charge in [0.15, 0.2) is 5.82 Å². The van der Waals surface area contributed by atoms with Crippen LogP contribution in [0.25, 0.3) is 5.69 Å². The van der Waals surface area contributed by atoms with Crippen LogP contribution in [0.15, 0.2) is 43.0 Å². The molecule has 1 fully saturated rings. The summed E-state index contributed by atoms with van der Waals surface area (Å²) in [4.78, 5) is 24.9. The molecule has 156 valence electrons. The van der Waals surface area contributed by atoms with Crippen molar-refractivity contribution in [2.75, 3.05) is 18.4 Å². The quantitative estimate of drug-likeness (QED) is 0.697. The van der Waals surface area contributed by atoms with E-state index in [1.54, 1.807) is 12.4 Å². The number of hydrogen-bond acceptors (Lipinski definition) is 6. The van der Waals surface area contributed by atoms with Gasteiger partial charge in [0, 0.05) is 13.1 Å². The summed E-state index contributed by atoms with van der Waals surface area (Å²) in [5, 5.41) is 11.5. The molecule has 1 amide bonds. The molecule has 0 aliphatic carbocycles. The van der Waals surface area contributed by atoms with E-state index in [4.69, 9.17) is 0 Å². The molecule has 1 saturated heterocycles. The molecule has 1 unspecified atom stereocenters. The first kappa shape index (κ1) is 19.9. The van der Waals surface area contributed by atoms with Crippen molar-refractivity contribution in [3.05, 3.63) is 59.9 Å². The Kier molecular flexibility index (Phi) is 5.69. The van der Waals surface area contributed by atoms with E-state index < -0.39 is 5.82 Å². The Morgan fingerprint density at radius 2 is 1.97 bits per heavy atom. The fraction of sp³-hybridized carbons (Fsp3) is 0.381. The van der Waals surface area contributed by atoms with Gasteiger partial charge in [-0.1, -0.05) is 18.6 Å². The molecule has 4 rings (SSSR count). The van der Waals surface area contributed by atoms with Gasteiger partial charge in [-0.15, -0.1) is 0 Å². The van der Waals surface area contributed by atoms with Gasteiger partial charge in [-0.05, 0) is 37.8 Å². The largest absolute Gasteiger partial charge is 0.352 e. The van der Waals surface area contributed by atoms with Crippen LogP contribution in [0.1, 0.15) is 35.7 Å². The standard InChI is InChI=1S/C21H24FN7O/c1-14-5-6-18(29-26-7-8-27-29)17(10-14)20(30)28-9-3-4-15(2)19(28)13-25-21-23-11-16(22)12-24-21/h5-8,10-12,15,19H,3-4,9,13H2,1-2H3,(H,23,24,25)/t15?,19-/m1/s1. The minimum absolute atomic E-state index is 0.0427. The van der Waals surface area contributed by atoms with Crippen molar-refractivity contribution in [2.45, 2.75) is 32.7 Å². The molecule has 8 nitrogen and oxygen atoms in total. The lowest BCUT2D eigenvalue weighted by Gasteiger charge is -2.40. The van der Waals surface area contributed by atoms with Crippen LogP contribution >= 0.6 is 0 Å². The maximum Gasteiger partial charge on any atom is 0.256 e. The molecule has 1 aliphatic heterocycles. The molecule has 30 heavy (non-hydrogen) atoms. The molecule has 1 aliphatic rings. The normalized spacial score (nSPS) is 19.0. The highest BCUT2D eigenvalue weighted by molar-refractivity contribution is 5.98. The number of halogens is 1. The van der Waals surface area contributed by atoms with Crippen LogP contribution in [-0.2, 0) is 0 Å². The van der Waals surface area contributed by atoms with Gasteiger partial charge in [-0.3, -0.25) is 4.79 Å². The first-order valence-corrected chi connectivity index (χ1v) is 10.0. The number of hydrogen-bond donors (Lipinski definition) is 1. The fourth-order valence-corrected chi connectivity index (χ4v) is 3.90. The first-order valence-electron chi connectivity index (χ1n) is 10.0. The highest BCUT2D eigenvalue weighted by atomic mass is 19.1. The zero-order valence-electron chi connectivity index (χ0n) is 17.0. The number of aromatic nitrogens is 5. The smallest absolute Gasteiger partial charge is 0.256 e. The van der Waals surface area contributed by atoms with E-state index >= 15 is 0 Å². The molecule has 1 aromatic carbocycles. The third-order valence-corrected chi connectivity index (χ3v) is 5.48. The van der Waals surface area contributed by atoms with Crippen LogP contribution in [0.4, 0.5) is 10.3 Å². The van der Waals surface area contributed by atoms with Gasteiger partial charge in [-0.2, -0.15) is 15.0 Å². The van der Waals surface area contributed by atoms with Crippen molar-refractivity contribution in [3.63, 3.8) is 0 Å². The van der Waals surface area contributed by atoms with Gasteiger partial charge in [0.25, 0.3) is 5.91 Å². The predicted molar refractivity (Wildman–Crippen MR) is 110 cm³/mol. The van der Waals surface area contributed by atoms with E-state index in [0.717, 1.165) is 30.8 Å². The summed E-state index contributed by atoms with van der Waals surface area (Å²) in [6, 6.07) is 5.65. The summed E-state index contributed by atoms with van der Waals surface area (Å²) in [5.74, 6) is 0.109. The fourth-order valence-electron chi connectivity index (χ4n) is 3.90. The number of carbonyl (C=O) groups excluding carboxylic acids is 1. The molecular weight excluding hydrogens is 385 g/mol. The van der Waals surface area contributed by atoms with E-state index in [1.807, 2.05) is 30.0 Å². The predicted octanol–water partition coefficient (Wildman–Crippen LogP) is 2.86. The number of aryl methyl sites for hydroxylation is 1. The molecule has 9 heteroatoms. The van der Waals surface area contributed by atoms with Crippen LogP contribution in [0, 0.1) is 18.7 Å². The summed E-state index contributed by atoms with van der Waals surface area (Å²) < 4.78 is 13.1. The summed E-state index contributed by atoms with van der Waals surface area (Å²) in [5.41, 5.74) is 2.22. The minimum Gasteiger partial charge on any atom is -0.352 e. The van der Waals surface area contributed by atoms with Crippen LogP contribution < -0.4 is 5.32 Å². The van der Waals surface area contributed by atoms with Crippen molar-refractivity contribution in [3.8, 4) is 5.69 Å². The highest BCUT2D eigenvalue weighted by Gasteiger charge is 2.33. The zero-order valence-corrected chi connectivity index (χ0v) is 17.0. The number of rotatable bonds is 5. The zero-order chi connectivity index (χ0) is 21.1. The Hall–Kier alpha value is -3.36. The third kappa shape index (κ3) is 4.14. The van der Waals surface area contributed by atoms with Gasteiger partial charge in [0.05, 0.1) is 42.1 Å². The Labute approximate surface area is 174 Å². The summed E-state index contributed by atoms with van der Waals surface area (Å²) >= 11 is 0. The number of anilines is 1. The van der Waals surface area contributed by atoms with Crippen molar-refractivity contribution < 1.29 is 9.18 Å². The second-order valence-corrected chi connectivity index (χ2v) is 7.63. The summed E-state index contributed by atoms with van der Waals surface area (Å²) in [6.07, 6.45) is 7.40. The summed E-state index contributed by atoms with van der Waals surface area (Å²) in [6.45, 7) is 5.25. The second kappa shape index (κ2) is 8.56. The third-order valence-electron chi connectivity index (χ3n) is 5.48. The van der Waals surface area contributed by atoms with Gasteiger partial charge >= 0.3 is 0 Å². The van der Waals surface area contributed by atoms with E-state index in [-0.39, 0.29) is 11.9 Å². The summed E-state index contributed by atoms with van der Waals surface area (Å²) in [7, 11) is 0. The Balaban J connectivity index is 1.60. The maximum atomic E-state index is 13.6. The van der Waals surface area contributed by atoms with Crippen LogP contribution in [-0.4, -0.2) is 54.9 Å². The number of likely N-dealkylation sites (tertiary alicyclic amines) is 1. The topological polar surface area (TPSA) is 88.8 Å². The van der Waals surface area contributed by atoms with Gasteiger partial charge in [0.2, 0.25) is 5.95 Å². The van der Waals surface area contributed by atoms with E-state index in [2.05, 4.69) is 32.4 Å². The SMILES string of the molecule is Cc1ccc(-n2nccn2)c(C(=O)N2CCCC(C)[C@H]2CNc2ncc(F)cn2)c1. The molecule has 0 bridgehead atoms. The molecule has 0 radical (unpaired) electrons. The average molecular weight is 409 g/mol. The molecule has 1 N–H and O–H groups in total. The van der Waals surface area contributed by atoms with Crippen molar-refractivity contribution in [2.24, 2.45) is 5.92 Å². The average Bonchev–Trinajstić information content (AvgIpc) is 3.28. The Morgan fingerprint density at radius 3 is 2.70 bits per heavy atom. The number of nitrogens with one attached hydrogen (secondary N) is 1.